The third-order valence-electron chi connectivity index (χ3n) is 15.0. The van der Waals surface area contributed by atoms with Crippen LogP contribution in [0.4, 0.5) is 0 Å². The van der Waals surface area contributed by atoms with Crippen molar-refractivity contribution in [2.75, 3.05) is 19.8 Å². The number of allylic oxidation sites excluding steroid dienone is 5. The summed E-state index contributed by atoms with van der Waals surface area (Å²) in [6, 6.07) is -0.807. The Labute approximate surface area is 460 Å². The average molecular weight is 1060 g/mol. The van der Waals surface area contributed by atoms with Gasteiger partial charge in [-0.15, -0.1) is 0 Å². The molecule has 1 aliphatic heterocycles. The van der Waals surface area contributed by atoms with E-state index in [1.54, 1.807) is 6.08 Å². The highest BCUT2D eigenvalue weighted by molar-refractivity contribution is 5.76. The van der Waals surface area contributed by atoms with Crippen LogP contribution in [0.15, 0.2) is 36.5 Å². The van der Waals surface area contributed by atoms with Gasteiger partial charge in [0.1, 0.15) is 24.4 Å². The monoisotopic (exact) mass is 1060 g/mol. The molecule has 7 atom stereocenters. The van der Waals surface area contributed by atoms with Crippen LogP contribution < -0.4 is 5.32 Å². The molecule has 0 aromatic rings. The Balaban J connectivity index is 1.96. The standard InChI is InChI=1S/C64H119NO10/c1-3-5-7-9-11-13-14-28-32-36-40-44-48-52-60(69)73-53-49-45-41-37-33-30-27-25-23-21-19-17-15-16-18-20-22-24-26-29-31-35-39-43-47-51-59(68)65-56(57(67)50-46-42-38-34-12-10-8-6-4-2)55-74-64-63(72)62(71)61(70)58(54-66)75-64/h7,9,13-14,46,50,56-58,61-64,66-67,70-72H,3-6,8,10-12,15-45,47-49,51-55H2,1-2H3,(H,65,68)/b9-7-,14-13-,50-46+. The lowest BCUT2D eigenvalue weighted by Crippen LogP contribution is -2.60. The van der Waals surface area contributed by atoms with Crippen molar-refractivity contribution in [2.24, 2.45) is 0 Å². The molecule has 440 valence electrons. The number of ether oxygens (including phenoxy) is 3. The highest BCUT2D eigenvalue weighted by Gasteiger charge is 2.44. The second-order valence-corrected chi connectivity index (χ2v) is 22.1. The summed E-state index contributed by atoms with van der Waals surface area (Å²) in [4.78, 5) is 25.0. The predicted molar refractivity (Wildman–Crippen MR) is 311 cm³/mol. The van der Waals surface area contributed by atoms with Gasteiger partial charge in [-0.1, -0.05) is 262 Å². The molecule has 1 heterocycles. The van der Waals surface area contributed by atoms with Gasteiger partial charge >= 0.3 is 5.97 Å². The minimum absolute atomic E-state index is 0.00974. The van der Waals surface area contributed by atoms with Crippen molar-refractivity contribution in [3.05, 3.63) is 36.5 Å². The van der Waals surface area contributed by atoms with Crippen molar-refractivity contribution in [3.8, 4) is 0 Å². The molecule has 1 saturated heterocycles. The van der Waals surface area contributed by atoms with Crippen molar-refractivity contribution in [1.82, 2.24) is 5.32 Å². The summed E-state index contributed by atoms with van der Waals surface area (Å²) in [6.07, 6.45) is 57.0. The van der Waals surface area contributed by atoms with Crippen LogP contribution in [-0.4, -0.2) is 100 Å². The van der Waals surface area contributed by atoms with E-state index in [0.29, 0.717) is 19.4 Å². The van der Waals surface area contributed by atoms with E-state index in [2.05, 4.69) is 43.5 Å². The van der Waals surface area contributed by atoms with Gasteiger partial charge in [-0.2, -0.15) is 0 Å². The molecule has 1 fully saturated rings. The van der Waals surface area contributed by atoms with Gasteiger partial charge < -0.3 is 45.1 Å². The van der Waals surface area contributed by atoms with Crippen molar-refractivity contribution < 1.29 is 49.3 Å². The SMILES string of the molecule is CCC/C=C\C/C=C\CCCCCCCC(=O)OCCCCCCCCCCCCCCCCCCCCCCCCCCCC(=O)NC(COC1OC(CO)C(O)C(O)C1O)C(O)/C=C/CCCCCCCCC. The normalized spacial score (nSPS) is 18.9. The van der Waals surface area contributed by atoms with E-state index in [1.807, 2.05) is 6.08 Å². The Bertz CT molecular complexity index is 1340. The molecule has 6 N–H and O–H groups in total. The van der Waals surface area contributed by atoms with Crippen molar-refractivity contribution in [3.63, 3.8) is 0 Å². The molecule has 7 unspecified atom stereocenters. The average Bonchev–Trinajstić information content (AvgIpc) is 3.41. The van der Waals surface area contributed by atoms with E-state index in [9.17, 15) is 35.1 Å². The van der Waals surface area contributed by atoms with Gasteiger partial charge in [0.15, 0.2) is 6.29 Å². The zero-order valence-corrected chi connectivity index (χ0v) is 48.5. The molecule has 0 radical (unpaired) electrons. The van der Waals surface area contributed by atoms with E-state index in [-0.39, 0.29) is 18.5 Å². The van der Waals surface area contributed by atoms with Crippen LogP contribution in [0.25, 0.3) is 0 Å². The number of aliphatic hydroxyl groups excluding tert-OH is 5. The van der Waals surface area contributed by atoms with Crippen LogP contribution in [0, 0.1) is 0 Å². The minimum atomic E-state index is -1.57. The number of unbranched alkanes of at least 4 members (excludes halogenated alkanes) is 37. The van der Waals surface area contributed by atoms with E-state index >= 15 is 0 Å². The summed E-state index contributed by atoms with van der Waals surface area (Å²) in [5.41, 5.74) is 0. The number of carbonyl (C=O) groups excluding carboxylic acids is 2. The van der Waals surface area contributed by atoms with Crippen LogP contribution in [-0.2, 0) is 23.8 Å². The summed E-state index contributed by atoms with van der Waals surface area (Å²) in [5, 5.41) is 54.2. The maximum atomic E-state index is 13.0. The van der Waals surface area contributed by atoms with Crippen molar-refractivity contribution in [2.45, 2.75) is 339 Å². The van der Waals surface area contributed by atoms with E-state index in [0.717, 1.165) is 64.2 Å². The van der Waals surface area contributed by atoms with E-state index < -0.39 is 49.5 Å². The molecular weight excluding hydrogens is 943 g/mol. The molecule has 0 spiro atoms. The summed E-state index contributed by atoms with van der Waals surface area (Å²) in [7, 11) is 0. The smallest absolute Gasteiger partial charge is 0.305 e. The summed E-state index contributed by atoms with van der Waals surface area (Å²) >= 11 is 0. The molecule has 75 heavy (non-hydrogen) atoms. The molecule has 0 saturated carbocycles. The lowest BCUT2D eigenvalue weighted by atomic mass is 9.99. The summed E-state index contributed by atoms with van der Waals surface area (Å²) < 4.78 is 16.7. The molecule has 1 aliphatic rings. The Morgan fingerprint density at radius 3 is 1.40 bits per heavy atom. The summed E-state index contributed by atoms with van der Waals surface area (Å²) in [6.45, 7) is 4.26. The van der Waals surface area contributed by atoms with Crippen LogP contribution in [0.2, 0.25) is 0 Å². The fraction of sp³-hybridized carbons (Fsp3) is 0.875. The maximum absolute atomic E-state index is 13.0. The Hall–Kier alpha value is -2.12. The second kappa shape index (κ2) is 53.9. The van der Waals surface area contributed by atoms with Crippen molar-refractivity contribution in [1.29, 1.82) is 0 Å². The Morgan fingerprint density at radius 2 is 0.920 bits per heavy atom. The molecule has 1 amide bonds. The van der Waals surface area contributed by atoms with Gasteiger partial charge in [-0.25, -0.2) is 0 Å². The maximum Gasteiger partial charge on any atom is 0.305 e. The van der Waals surface area contributed by atoms with Gasteiger partial charge in [0.05, 0.1) is 32.0 Å². The number of carbonyl (C=O) groups is 2. The number of hydrogen-bond donors (Lipinski definition) is 6. The molecule has 0 bridgehead atoms. The number of amides is 1. The van der Waals surface area contributed by atoms with Crippen LogP contribution >= 0.6 is 0 Å². The predicted octanol–water partition coefficient (Wildman–Crippen LogP) is 15.1. The zero-order chi connectivity index (χ0) is 54.5. The molecule has 0 aliphatic carbocycles. The third-order valence-corrected chi connectivity index (χ3v) is 15.0. The molecular formula is C64H119NO10. The lowest BCUT2D eigenvalue weighted by Gasteiger charge is -2.40. The number of rotatable bonds is 55. The van der Waals surface area contributed by atoms with Gasteiger partial charge in [-0.3, -0.25) is 9.59 Å². The fourth-order valence-electron chi connectivity index (χ4n) is 9.94. The van der Waals surface area contributed by atoms with E-state index in [1.165, 1.54) is 205 Å². The topological polar surface area (TPSA) is 175 Å². The second-order valence-electron chi connectivity index (χ2n) is 22.1. The number of nitrogens with one attached hydrogen (secondary N) is 1. The molecule has 11 heteroatoms. The fourth-order valence-corrected chi connectivity index (χ4v) is 9.94. The van der Waals surface area contributed by atoms with Crippen LogP contribution in [0.1, 0.15) is 296 Å². The van der Waals surface area contributed by atoms with Gasteiger partial charge in [0.25, 0.3) is 0 Å². The minimum Gasteiger partial charge on any atom is -0.466 e. The quantitative estimate of drug-likeness (QED) is 0.0195. The third kappa shape index (κ3) is 43.4. The number of hydrogen-bond acceptors (Lipinski definition) is 10. The first-order chi connectivity index (χ1) is 36.7. The highest BCUT2D eigenvalue weighted by Crippen LogP contribution is 2.23. The lowest BCUT2D eigenvalue weighted by molar-refractivity contribution is -0.302. The van der Waals surface area contributed by atoms with Gasteiger partial charge in [-0.05, 0) is 57.8 Å². The number of esters is 1. The summed E-state index contributed by atoms with van der Waals surface area (Å²) in [5.74, 6) is -0.192. The molecule has 0 aromatic heterocycles. The Morgan fingerprint density at radius 1 is 0.493 bits per heavy atom. The first kappa shape index (κ1) is 70.9. The molecule has 11 nitrogen and oxygen atoms in total. The first-order valence-electron chi connectivity index (χ1n) is 31.8. The number of aliphatic hydroxyl groups is 5. The van der Waals surface area contributed by atoms with Crippen LogP contribution in [0.3, 0.4) is 0 Å². The zero-order valence-electron chi connectivity index (χ0n) is 48.5. The van der Waals surface area contributed by atoms with E-state index in [4.69, 9.17) is 14.2 Å². The molecule has 0 aromatic carbocycles. The first-order valence-corrected chi connectivity index (χ1v) is 31.8. The van der Waals surface area contributed by atoms with Gasteiger partial charge in [0.2, 0.25) is 5.91 Å². The van der Waals surface area contributed by atoms with Crippen molar-refractivity contribution >= 4 is 11.9 Å². The highest BCUT2D eigenvalue weighted by atomic mass is 16.7. The van der Waals surface area contributed by atoms with Crippen LogP contribution in [0.5, 0.6) is 0 Å². The molecule has 1 rings (SSSR count). The van der Waals surface area contributed by atoms with Gasteiger partial charge in [0, 0.05) is 12.8 Å². The largest absolute Gasteiger partial charge is 0.466 e. The Kier molecular flexibility index (Phi) is 50.9.